The molecule has 0 atom stereocenters. The van der Waals surface area contributed by atoms with Gasteiger partial charge in [0.05, 0.1) is 54.0 Å². The minimum Gasteiger partial charge on any atom is -1.00 e. The van der Waals surface area contributed by atoms with Crippen LogP contribution in [0.1, 0.15) is 32.6 Å². The Morgan fingerprint density at radius 3 is 1.52 bits per heavy atom. The van der Waals surface area contributed by atoms with E-state index in [0.29, 0.717) is 42.8 Å². The summed E-state index contributed by atoms with van der Waals surface area (Å²) < 4.78 is 8.16. The second-order valence-corrected chi connectivity index (χ2v) is 18.5. The fourth-order valence-electron chi connectivity index (χ4n) is 8.42. The van der Waals surface area contributed by atoms with E-state index in [1.807, 2.05) is 161 Å². The lowest BCUT2D eigenvalue weighted by molar-refractivity contribution is -0.818. The smallest absolute Gasteiger partial charge is 0.263 e. The third kappa shape index (κ3) is 11.9. The topological polar surface area (TPSA) is 121 Å². The van der Waals surface area contributed by atoms with Gasteiger partial charge in [-0.1, -0.05) is 205 Å². The molecule has 1 aliphatic heterocycles. The number of hydrogen-bond donors (Lipinski definition) is 1. The van der Waals surface area contributed by atoms with Crippen LogP contribution in [0.15, 0.2) is 246 Å². The van der Waals surface area contributed by atoms with Crippen LogP contribution in [0.4, 0.5) is 0 Å². The minimum absolute atomic E-state index is 0. The number of rotatable bonds is 13. The minimum atomic E-state index is -1.41. The van der Waals surface area contributed by atoms with Gasteiger partial charge in [-0.05, 0) is 42.5 Å². The Morgan fingerprint density at radius 1 is 0.575 bits per heavy atom. The maximum absolute atomic E-state index is 12.3. The molecule has 1 aromatic heterocycles. The van der Waals surface area contributed by atoms with Crippen molar-refractivity contribution in [3.63, 3.8) is 0 Å². The maximum Gasteiger partial charge on any atom is 0.263 e. The van der Waals surface area contributed by atoms with Gasteiger partial charge in [0, 0.05) is 44.5 Å². The van der Waals surface area contributed by atoms with Gasteiger partial charge in [-0.25, -0.2) is 15.0 Å². The van der Waals surface area contributed by atoms with Crippen LogP contribution in [0, 0.1) is 0 Å². The number of ether oxygens (including phenoxy) is 1. The molecular formula is C61H52Cl3N5O4. The molecule has 0 saturated carbocycles. The van der Waals surface area contributed by atoms with E-state index >= 15 is 0 Å². The second kappa shape index (κ2) is 23.6. The van der Waals surface area contributed by atoms with Gasteiger partial charge in [0.1, 0.15) is 17.8 Å². The Labute approximate surface area is 442 Å². The fourth-order valence-corrected chi connectivity index (χ4v) is 8.90. The zero-order valence-electron chi connectivity index (χ0n) is 40.3. The van der Waals surface area contributed by atoms with E-state index in [0.717, 1.165) is 50.6 Å². The van der Waals surface area contributed by atoms with Crippen LogP contribution in [0.3, 0.4) is 0 Å². The molecule has 0 aliphatic carbocycles. The van der Waals surface area contributed by atoms with Crippen LogP contribution in [0.2, 0.25) is 10.0 Å². The summed E-state index contributed by atoms with van der Waals surface area (Å²) in [4.78, 5) is 29.0. The molecule has 8 aromatic carbocycles. The van der Waals surface area contributed by atoms with E-state index < -0.39 is 5.79 Å². The number of quaternary nitrogens is 1. The molecule has 10 rings (SSSR count). The molecular weight excluding hydrogens is 973 g/mol. The Morgan fingerprint density at radius 2 is 1.01 bits per heavy atom. The van der Waals surface area contributed by atoms with Crippen molar-refractivity contribution in [3.8, 4) is 39.7 Å². The van der Waals surface area contributed by atoms with Crippen LogP contribution in [0.5, 0.6) is 5.75 Å². The number of halogens is 3. The average molecular weight is 1030 g/mol. The third-order valence-electron chi connectivity index (χ3n) is 11.6. The van der Waals surface area contributed by atoms with Gasteiger partial charge in [-0.2, -0.15) is 0 Å². The summed E-state index contributed by atoms with van der Waals surface area (Å²) in [5.41, 5.74) is 9.65. The van der Waals surface area contributed by atoms with Gasteiger partial charge in [-0.3, -0.25) is 9.36 Å². The number of ketones is 1. The average Bonchev–Trinajstić information content (AvgIpc) is 4.01. The van der Waals surface area contributed by atoms with E-state index in [1.54, 1.807) is 42.6 Å². The predicted molar refractivity (Wildman–Crippen MR) is 292 cm³/mol. The molecule has 9 nitrogen and oxygen atoms in total. The Bertz CT molecular complexity index is 3320. The Hall–Kier alpha value is -7.89. The molecule has 2 heterocycles. The van der Waals surface area contributed by atoms with Crippen LogP contribution in [-0.2, 0) is 5.79 Å². The molecule has 12 heteroatoms. The summed E-state index contributed by atoms with van der Waals surface area (Å²) in [5, 5.41) is 10.9. The summed E-state index contributed by atoms with van der Waals surface area (Å²) in [5.74, 6) is -0.0377. The molecule has 0 spiro atoms. The lowest BCUT2D eigenvalue weighted by Gasteiger charge is -2.30. The number of hydrogen-bond acceptors (Lipinski definition) is 6. The van der Waals surface area contributed by atoms with Crippen LogP contribution in [-0.4, -0.2) is 69.6 Å². The van der Waals surface area contributed by atoms with Crippen molar-refractivity contribution in [3.05, 3.63) is 274 Å². The number of imidazole rings is 1. The lowest BCUT2D eigenvalue weighted by Crippen LogP contribution is -3.00. The van der Waals surface area contributed by atoms with Crippen molar-refractivity contribution in [1.82, 2.24) is 9.55 Å². The summed E-state index contributed by atoms with van der Waals surface area (Å²) in [6.45, 7) is 0.0987. The van der Waals surface area contributed by atoms with Crippen molar-refractivity contribution in [2.45, 2.75) is 5.79 Å². The highest BCUT2D eigenvalue weighted by Crippen LogP contribution is 2.48. The highest BCUT2D eigenvalue weighted by atomic mass is 35.5. The zero-order chi connectivity index (χ0) is 49.4. The molecule has 73 heavy (non-hydrogen) atoms. The maximum atomic E-state index is 12.3. The number of aliphatic hydroxyl groups is 1. The first kappa shape index (κ1) is 52.9. The van der Waals surface area contributed by atoms with Gasteiger partial charge >= 0.3 is 0 Å². The largest absolute Gasteiger partial charge is 1.00 e. The molecule has 0 amide bonds. The Balaban J connectivity index is 0.000000265. The molecule has 0 bridgehead atoms. The number of carbonyl (C=O) groups is 1. The summed E-state index contributed by atoms with van der Waals surface area (Å²) in [7, 11) is 5.83. The highest BCUT2D eigenvalue weighted by molar-refractivity contribution is 6.54. The molecule has 0 fully saturated rings. The number of nitrogens with zero attached hydrogens (tertiary/aromatic N) is 5. The number of aliphatic imine (C=N–C) groups is 2. The summed E-state index contributed by atoms with van der Waals surface area (Å²) in [6.07, 6.45) is 1.70. The molecule has 0 unspecified atom stereocenters. The van der Waals surface area contributed by atoms with Crippen molar-refractivity contribution in [2.24, 2.45) is 9.98 Å². The normalized spacial score (nSPS) is 12.8. The van der Waals surface area contributed by atoms with E-state index in [1.165, 1.54) is 0 Å². The predicted octanol–water partition coefficient (Wildman–Crippen LogP) is 10.4. The highest BCUT2D eigenvalue weighted by Gasteiger charge is 2.46. The first-order valence-electron chi connectivity index (χ1n) is 23.1. The van der Waals surface area contributed by atoms with Crippen molar-refractivity contribution in [2.75, 3.05) is 27.7 Å². The molecule has 3 N–H and O–H groups in total. The lowest BCUT2D eigenvalue weighted by atomic mass is 10.0. The third-order valence-corrected chi connectivity index (χ3v) is 12.2. The monoisotopic (exact) mass is 1020 g/mol. The van der Waals surface area contributed by atoms with Gasteiger partial charge in [0.2, 0.25) is 0 Å². The molecule has 0 radical (unpaired) electrons. The first-order chi connectivity index (χ1) is 34.5. The number of aliphatic hydroxyl groups excluding tert-OH is 1. The van der Waals surface area contributed by atoms with Gasteiger partial charge in [0.15, 0.2) is 18.1 Å². The number of aromatic nitrogens is 2. The van der Waals surface area contributed by atoms with E-state index in [2.05, 4.69) is 53.1 Å². The van der Waals surface area contributed by atoms with E-state index in [9.17, 15) is 9.90 Å². The quantitative estimate of drug-likeness (QED) is 0.0702. The fraction of sp³-hybridized carbons (Fsp3) is 0.0820. The van der Waals surface area contributed by atoms with Gasteiger partial charge < -0.3 is 32.2 Å². The zero-order valence-corrected chi connectivity index (χ0v) is 42.5. The first-order valence-corrected chi connectivity index (χ1v) is 23.8. The van der Waals surface area contributed by atoms with Gasteiger partial charge in [0.25, 0.3) is 5.79 Å². The molecule has 9 aromatic rings. The molecule has 0 saturated heterocycles. The molecule has 366 valence electrons. The van der Waals surface area contributed by atoms with E-state index in [4.69, 9.17) is 42.9 Å². The van der Waals surface area contributed by atoms with Crippen molar-refractivity contribution < 1.29 is 37.0 Å². The molecule has 1 aliphatic rings. The van der Waals surface area contributed by atoms with Crippen molar-refractivity contribution in [1.29, 1.82) is 0 Å². The Kier molecular flexibility index (Phi) is 17.1. The number of carbonyl (C=O) groups excluding carboxylic acids is 1. The van der Waals surface area contributed by atoms with Crippen molar-refractivity contribution >= 4 is 40.4 Å². The van der Waals surface area contributed by atoms with Crippen LogP contribution in [0.25, 0.3) is 33.9 Å². The second-order valence-electron chi connectivity index (χ2n) is 17.7. The SMILES string of the molecule is C[N+](C)(C)C=C(O)COc1ccc(C(=O)c2ccccc2)cc1.Clc1ccccc1-c1nc(-c2ccccc2)c(-c2ccccc2)n1C1(c2ccccc2Cl)N=C(c2ccccc2)C(c2ccccc2)=N1.O.[Cl-]. The number of benzene rings is 8. The van der Waals surface area contributed by atoms with Crippen LogP contribution < -0.4 is 17.1 Å². The van der Waals surface area contributed by atoms with Gasteiger partial charge in [-0.15, -0.1) is 0 Å². The summed E-state index contributed by atoms with van der Waals surface area (Å²) in [6, 6.07) is 72.4. The van der Waals surface area contributed by atoms with Crippen LogP contribution >= 0.6 is 23.2 Å². The standard InChI is InChI=1S/C42H28Cl2N4.C19H21NO3.ClH.H2O/c43-35-27-15-13-25-33(35)41-45-39(31-21-9-3-10-22-31)40(32-23-11-4-12-24-32)48(41)42(34-26-14-16-28-36(34)44)46-37(29-17-5-1-6-18-29)38(47-42)30-19-7-2-8-20-30;1-20(2,3)13-17(21)14-23-18-11-9-16(10-12-18)19(22)15-7-5-4-6-8-15;;/h1-28H;4-13H,14H2,1-3H3;1H;1H2. The summed E-state index contributed by atoms with van der Waals surface area (Å²) >= 11 is 14.2. The van der Waals surface area contributed by atoms with E-state index in [-0.39, 0.29) is 36.0 Å².